The molecule has 2 aliphatic heterocycles. The first-order valence-electron chi connectivity index (χ1n) is 12.9. The molecule has 4 aromatic rings. The predicted molar refractivity (Wildman–Crippen MR) is 148 cm³/mol. The molecule has 6 rings (SSSR count). The van der Waals surface area contributed by atoms with Crippen molar-refractivity contribution in [2.24, 2.45) is 0 Å². The number of benzene rings is 2. The van der Waals surface area contributed by atoms with E-state index >= 15 is 4.39 Å². The summed E-state index contributed by atoms with van der Waals surface area (Å²) >= 11 is 1.35. The van der Waals surface area contributed by atoms with Crippen LogP contribution in [0.4, 0.5) is 24.0 Å². The van der Waals surface area contributed by atoms with Crippen LogP contribution < -0.4 is 15.2 Å². The summed E-state index contributed by atoms with van der Waals surface area (Å²) in [6.45, 7) is -1.00. The molecule has 1 N–H and O–H groups in total. The van der Waals surface area contributed by atoms with E-state index in [1.54, 1.807) is 42.0 Å². The van der Waals surface area contributed by atoms with E-state index in [0.29, 0.717) is 59.5 Å². The van der Waals surface area contributed by atoms with E-state index < -0.39 is 35.5 Å². The zero-order valence-corrected chi connectivity index (χ0v) is 22.6. The Morgan fingerprint density at radius 3 is 2.56 bits per heavy atom. The fraction of sp³-hybridized carbons (Fsp3) is 0.321. The van der Waals surface area contributed by atoms with Crippen molar-refractivity contribution in [3.05, 3.63) is 70.3 Å². The van der Waals surface area contributed by atoms with E-state index in [9.17, 15) is 23.5 Å². The molecule has 0 amide bonds. The van der Waals surface area contributed by atoms with Crippen molar-refractivity contribution < 1.29 is 32.5 Å². The van der Waals surface area contributed by atoms with Gasteiger partial charge in [-0.15, -0.1) is 0 Å². The molecule has 9 nitrogen and oxygen atoms in total. The van der Waals surface area contributed by atoms with E-state index in [2.05, 4.69) is 9.72 Å². The molecule has 0 saturated carbocycles. The number of fused-ring (bicyclic) bond motifs is 1. The van der Waals surface area contributed by atoms with Gasteiger partial charge in [-0.2, -0.15) is 8.78 Å². The number of ether oxygens (including phenoxy) is 2. The number of hydrogen-bond donors (Lipinski definition) is 1. The number of carboxylic acid groups (broad SMARTS) is 1. The highest BCUT2D eigenvalue weighted by Gasteiger charge is 2.32. The lowest BCUT2D eigenvalue weighted by atomic mass is 10.1. The Morgan fingerprint density at radius 2 is 1.88 bits per heavy atom. The average molecular weight is 587 g/mol. The summed E-state index contributed by atoms with van der Waals surface area (Å²) in [5, 5.41) is 10.3. The summed E-state index contributed by atoms with van der Waals surface area (Å²) in [6, 6.07) is 11.2. The van der Waals surface area contributed by atoms with Crippen molar-refractivity contribution >= 4 is 38.3 Å². The molecular weight excluding hydrogens is 561 g/mol. The van der Waals surface area contributed by atoms with E-state index in [1.165, 1.54) is 29.7 Å². The van der Waals surface area contributed by atoms with Gasteiger partial charge in [-0.25, -0.2) is 14.2 Å². The summed E-state index contributed by atoms with van der Waals surface area (Å²) in [5.41, 5.74) is 1.23. The van der Waals surface area contributed by atoms with Crippen molar-refractivity contribution in [2.45, 2.75) is 25.2 Å². The van der Waals surface area contributed by atoms with E-state index in [1.807, 2.05) is 9.80 Å². The largest absolute Gasteiger partial charge is 0.477 e. The molecule has 0 radical (unpaired) electrons. The van der Waals surface area contributed by atoms with Crippen LogP contribution in [0, 0.1) is 5.82 Å². The van der Waals surface area contributed by atoms with Crippen LogP contribution >= 0.6 is 11.3 Å². The Kier molecular flexibility index (Phi) is 7.18. The number of aromatic carboxylic acids is 1. The number of carbonyl (C=O) groups is 1. The van der Waals surface area contributed by atoms with Crippen LogP contribution in [0.5, 0.6) is 0 Å². The topological polar surface area (TPSA) is 97.1 Å². The van der Waals surface area contributed by atoms with Crippen LogP contribution in [-0.2, 0) is 9.47 Å². The molecule has 1 atom stereocenters. The van der Waals surface area contributed by atoms with Gasteiger partial charge in [0.05, 0.1) is 33.8 Å². The second kappa shape index (κ2) is 10.8. The summed E-state index contributed by atoms with van der Waals surface area (Å²) in [6.07, 6.45) is 1.49. The molecule has 2 aromatic carbocycles. The third-order valence-corrected chi connectivity index (χ3v) is 8.48. The highest BCUT2D eigenvalue weighted by molar-refractivity contribution is 7.22. The highest BCUT2D eigenvalue weighted by atomic mass is 32.1. The van der Waals surface area contributed by atoms with Gasteiger partial charge in [0.2, 0.25) is 0 Å². The van der Waals surface area contributed by atoms with Gasteiger partial charge in [0.25, 0.3) is 0 Å². The number of rotatable bonds is 8. The second-order valence-corrected chi connectivity index (χ2v) is 11.0. The summed E-state index contributed by atoms with van der Waals surface area (Å²) < 4.78 is 52.5. The molecule has 2 saturated heterocycles. The molecule has 1 unspecified atom stereocenters. The van der Waals surface area contributed by atoms with Gasteiger partial charge in [-0.3, -0.25) is 4.79 Å². The van der Waals surface area contributed by atoms with Crippen LogP contribution in [0.2, 0.25) is 0 Å². The fourth-order valence-electron chi connectivity index (χ4n) is 5.20. The van der Waals surface area contributed by atoms with Gasteiger partial charge < -0.3 is 28.9 Å². The molecule has 0 spiro atoms. The molecule has 41 heavy (non-hydrogen) atoms. The number of nitrogens with zero attached hydrogens (tertiary/aromatic N) is 4. The number of methoxy groups -OCH3 is 1. The SMILES string of the molecule is COC1CCN(c2ccc(-c3cc(=O)c(C(=O)O)cn3-c3ccc4nc(N5CC(OC(F)F)C5)sc4c3)cc2F)C1. The molecule has 2 aromatic heterocycles. The van der Waals surface area contributed by atoms with Crippen LogP contribution in [-0.4, -0.2) is 72.7 Å². The van der Waals surface area contributed by atoms with Crippen LogP contribution in [0.15, 0.2) is 53.5 Å². The third-order valence-electron chi connectivity index (χ3n) is 7.40. The molecule has 2 fully saturated rings. The van der Waals surface area contributed by atoms with Crippen molar-refractivity contribution in [2.75, 3.05) is 43.1 Å². The number of aromatic nitrogens is 2. The lowest BCUT2D eigenvalue weighted by molar-refractivity contribution is -0.167. The molecule has 0 aliphatic carbocycles. The Hall–Kier alpha value is -3.94. The van der Waals surface area contributed by atoms with E-state index in [4.69, 9.17) is 4.74 Å². The fourth-order valence-corrected chi connectivity index (χ4v) is 6.22. The van der Waals surface area contributed by atoms with Gasteiger partial charge in [0.15, 0.2) is 10.6 Å². The summed E-state index contributed by atoms with van der Waals surface area (Å²) in [5.74, 6) is -1.84. The van der Waals surface area contributed by atoms with Crippen molar-refractivity contribution in [3.63, 3.8) is 0 Å². The zero-order chi connectivity index (χ0) is 28.8. The highest BCUT2D eigenvalue weighted by Crippen LogP contribution is 2.35. The minimum Gasteiger partial charge on any atom is -0.477 e. The lowest BCUT2D eigenvalue weighted by Crippen LogP contribution is -2.52. The quantitative estimate of drug-likeness (QED) is 0.320. The summed E-state index contributed by atoms with van der Waals surface area (Å²) in [4.78, 5) is 32.8. The molecule has 214 valence electrons. The van der Waals surface area contributed by atoms with Crippen molar-refractivity contribution in [3.8, 4) is 16.9 Å². The van der Waals surface area contributed by atoms with Gasteiger partial charge in [0, 0.05) is 56.8 Å². The van der Waals surface area contributed by atoms with E-state index in [-0.39, 0.29) is 6.10 Å². The predicted octanol–water partition coefficient (Wildman–Crippen LogP) is 4.60. The number of thiazole rings is 1. The third kappa shape index (κ3) is 5.27. The first-order chi connectivity index (χ1) is 19.7. The average Bonchev–Trinajstić information content (AvgIpc) is 3.56. The second-order valence-electron chi connectivity index (χ2n) is 9.94. The zero-order valence-electron chi connectivity index (χ0n) is 21.8. The normalized spacial score (nSPS) is 17.5. The Bertz CT molecular complexity index is 1690. The van der Waals surface area contributed by atoms with Gasteiger partial charge >= 0.3 is 12.6 Å². The summed E-state index contributed by atoms with van der Waals surface area (Å²) in [7, 11) is 1.63. The first-order valence-corrected chi connectivity index (χ1v) is 13.7. The number of pyridine rings is 1. The van der Waals surface area contributed by atoms with Crippen molar-refractivity contribution in [1.29, 1.82) is 0 Å². The minimum absolute atomic E-state index is 0.0264. The maximum atomic E-state index is 15.4. The van der Waals surface area contributed by atoms with E-state index in [0.717, 1.165) is 11.1 Å². The molecule has 0 bridgehead atoms. The number of hydrogen-bond acceptors (Lipinski definition) is 8. The van der Waals surface area contributed by atoms with Gasteiger partial charge in [-0.1, -0.05) is 17.4 Å². The monoisotopic (exact) mass is 586 g/mol. The first kappa shape index (κ1) is 27.2. The number of alkyl halides is 2. The number of carboxylic acids is 1. The van der Waals surface area contributed by atoms with Crippen LogP contribution in [0.25, 0.3) is 27.2 Å². The smallest absolute Gasteiger partial charge is 0.345 e. The Labute approximate surface area is 236 Å². The van der Waals surface area contributed by atoms with Gasteiger partial charge in [-0.05, 0) is 36.8 Å². The number of halogens is 3. The molecular formula is C28H25F3N4O5S. The molecule has 13 heteroatoms. The van der Waals surface area contributed by atoms with Gasteiger partial charge in [0.1, 0.15) is 11.4 Å². The maximum absolute atomic E-state index is 15.4. The maximum Gasteiger partial charge on any atom is 0.345 e. The van der Waals surface area contributed by atoms with Crippen LogP contribution in [0.3, 0.4) is 0 Å². The molecule has 4 heterocycles. The van der Waals surface area contributed by atoms with Crippen molar-refractivity contribution in [1.82, 2.24) is 9.55 Å². The molecule has 2 aliphatic rings. The standard InChI is InChI=1S/C28H25F3N4O5S/c1-39-17-6-7-33(11-17)22-5-2-15(8-20(22)29)23-10-24(36)19(26(37)38)14-35(23)16-3-4-21-25(9-16)41-28(32-21)34-12-18(13-34)40-27(30)31/h2-5,8-10,14,17-18,27H,6-7,11-13H2,1H3,(H,37,38). The number of anilines is 2. The Morgan fingerprint density at radius 1 is 1.10 bits per heavy atom. The Balaban J connectivity index is 1.36. The minimum atomic E-state index is -2.82. The lowest BCUT2D eigenvalue weighted by Gasteiger charge is -2.38. The van der Waals surface area contributed by atoms with Crippen LogP contribution in [0.1, 0.15) is 16.8 Å².